The first-order valence-electron chi connectivity index (χ1n) is 12.2. The average molecular weight is 529 g/mol. The molecule has 0 amide bonds. The molecule has 2 aliphatic rings. The molecule has 0 aromatic heterocycles. The van der Waals surface area contributed by atoms with Crippen LogP contribution in [0.3, 0.4) is 0 Å². The zero-order valence-corrected chi connectivity index (χ0v) is 21.0. The number of benzene rings is 3. The Morgan fingerprint density at radius 1 is 0.865 bits per heavy atom. The Kier molecular flexibility index (Phi) is 7.60. The van der Waals surface area contributed by atoms with Gasteiger partial charge in [-0.1, -0.05) is 23.7 Å². The summed E-state index contributed by atoms with van der Waals surface area (Å²) in [5, 5.41) is 3.99. The number of nitrogens with one attached hydrogen (secondary N) is 1. The van der Waals surface area contributed by atoms with Gasteiger partial charge in [-0.25, -0.2) is 0 Å². The number of nitrogens with zero attached hydrogens (tertiary/aromatic N) is 3. The van der Waals surface area contributed by atoms with Crippen molar-refractivity contribution in [1.82, 2.24) is 15.1 Å². The molecular formula is C28H28ClF3N4O. The first kappa shape index (κ1) is 25.4. The molecule has 194 valence electrons. The number of piperazine rings is 1. The smallest absolute Gasteiger partial charge is 0.416 e. The van der Waals surface area contributed by atoms with E-state index in [2.05, 4.69) is 15.1 Å². The predicted molar refractivity (Wildman–Crippen MR) is 141 cm³/mol. The Labute approximate surface area is 219 Å². The first-order valence-corrected chi connectivity index (χ1v) is 12.6. The molecule has 0 aliphatic carbocycles. The lowest BCUT2D eigenvalue weighted by molar-refractivity contribution is -0.137. The highest BCUT2D eigenvalue weighted by molar-refractivity contribution is 6.30. The van der Waals surface area contributed by atoms with E-state index in [1.54, 1.807) is 30.3 Å². The molecule has 3 aromatic carbocycles. The van der Waals surface area contributed by atoms with Gasteiger partial charge in [0.05, 0.1) is 17.9 Å². The lowest BCUT2D eigenvalue weighted by atomic mass is 10.1. The second-order valence-electron chi connectivity index (χ2n) is 9.12. The van der Waals surface area contributed by atoms with Gasteiger partial charge in [0, 0.05) is 61.7 Å². The number of halogens is 4. The van der Waals surface area contributed by atoms with E-state index in [9.17, 15) is 13.2 Å². The molecule has 5 nitrogen and oxygen atoms in total. The molecule has 0 atom stereocenters. The number of hydrogen-bond acceptors (Lipinski definition) is 5. The summed E-state index contributed by atoms with van der Waals surface area (Å²) in [7, 11) is 0. The van der Waals surface area contributed by atoms with Crippen LogP contribution >= 0.6 is 11.6 Å². The van der Waals surface area contributed by atoms with Crippen LogP contribution in [0.5, 0.6) is 11.5 Å². The summed E-state index contributed by atoms with van der Waals surface area (Å²) < 4.78 is 46.2. The lowest BCUT2D eigenvalue weighted by Gasteiger charge is -2.29. The van der Waals surface area contributed by atoms with E-state index in [1.165, 1.54) is 12.1 Å². The summed E-state index contributed by atoms with van der Waals surface area (Å²) >= 11 is 5.95. The van der Waals surface area contributed by atoms with Gasteiger partial charge in [0.1, 0.15) is 11.5 Å². The SMILES string of the molecule is FC(F)(F)c1cccc(C2=CN(CCN3CCNCC3)CN2c2ccc(Oc3ccc(Cl)cc3)cc2)c1. The molecule has 0 saturated carbocycles. The maximum atomic E-state index is 13.4. The summed E-state index contributed by atoms with van der Waals surface area (Å²) in [6, 6.07) is 20.2. The van der Waals surface area contributed by atoms with Gasteiger partial charge in [-0.05, 0) is 60.7 Å². The van der Waals surface area contributed by atoms with Gasteiger partial charge in [-0.2, -0.15) is 13.2 Å². The molecule has 0 bridgehead atoms. The number of rotatable bonds is 7. The minimum Gasteiger partial charge on any atom is -0.457 e. The second-order valence-corrected chi connectivity index (χ2v) is 9.55. The summed E-state index contributed by atoms with van der Waals surface area (Å²) in [6.45, 7) is 6.18. The molecule has 1 saturated heterocycles. The average Bonchev–Trinajstić information content (AvgIpc) is 3.34. The highest BCUT2D eigenvalue weighted by atomic mass is 35.5. The number of ether oxygens (including phenoxy) is 1. The molecule has 9 heteroatoms. The van der Waals surface area contributed by atoms with Crippen molar-refractivity contribution in [3.05, 3.63) is 95.1 Å². The minimum absolute atomic E-state index is 0.529. The highest BCUT2D eigenvalue weighted by Crippen LogP contribution is 2.36. The monoisotopic (exact) mass is 528 g/mol. The molecule has 1 N–H and O–H groups in total. The Bertz CT molecular complexity index is 1230. The van der Waals surface area contributed by atoms with Crippen molar-refractivity contribution in [1.29, 1.82) is 0 Å². The van der Waals surface area contributed by atoms with Crippen molar-refractivity contribution >= 4 is 23.0 Å². The fourth-order valence-corrected chi connectivity index (χ4v) is 4.65. The second kappa shape index (κ2) is 11.0. The first-order chi connectivity index (χ1) is 17.8. The van der Waals surface area contributed by atoms with E-state index in [-0.39, 0.29) is 0 Å². The predicted octanol–water partition coefficient (Wildman–Crippen LogP) is 6.13. The van der Waals surface area contributed by atoms with Crippen molar-refractivity contribution in [2.75, 3.05) is 50.8 Å². The van der Waals surface area contributed by atoms with Gasteiger partial charge in [0.25, 0.3) is 0 Å². The number of hydrogen-bond donors (Lipinski definition) is 1. The van der Waals surface area contributed by atoms with E-state index in [0.717, 1.165) is 56.7 Å². The molecule has 2 heterocycles. The molecular weight excluding hydrogens is 501 g/mol. The van der Waals surface area contributed by atoms with Crippen LogP contribution in [0.15, 0.2) is 79.0 Å². The summed E-state index contributed by atoms with van der Waals surface area (Å²) in [5.74, 6) is 1.33. The Balaban J connectivity index is 1.37. The minimum atomic E-state index is -4.40. The van der Waals surface area contributed by atoms with Crippen LogP contribution in [-0.4, -0.2) is 55.7 Å². The van der Waals surface area contributed by atoms with Crippen molar-refractivity contribution in [3.8, 4) is 11.5 Å². The summed E-state index contributed by atoms with van der Waals surface area (Å²) in [6.07, 6.45) is -2.43. The molecule has 1 fully saturated rings. The topological polar surface area (TPSA) is 31.0 Å². The molecule has 0 radical (unpaired) electrons. The van der Waals surface area contributed by atoms with Crippen LogP contribution in [0.1, 0.15) is 11.1 Å². The summed E-state index contributed by atoms with van der Waals surface area (Å²) in [5.41, 5.74) is 1.48. The van der Waals surface area contributed by atoms with Gasteiger partial charge in [-0.3, -0.25) is 4.90 Å². The third kappa shape index (κ3) is 6.39. The number of anilines is 1. The van der Waals surface area contributed by atoms with Gasteiger partial charge in [0.15, 0.2) is 0 Å². The quantitative estimate of drug-likeness (QED) is 0.398. The fraction of sp³-hybridized carbons (Fsp3) is 0.286. The van der Waals surface area contributed by atoms with Crippen LogP contribution in [0.25, 0.3) is 5.70 Å². The van der Waals surface area contributed by atoms with E-state index in [1.807, 2.05) is 35.4 Å². The van der Waals surface area contributed by atoms with Crippen LogP contribution < -0.4 is 15.0 Å². The van der Waals surface area contributed by atoms with Gasteiger partial charge in [0.2, 0.25) is 0 Å². The number of alkyl halides is 3. The zero-order chi connectivity index (χ0) is 25.8. The van der Waals surface area contributed by atoms with Gasteiger partial charge >= 0.3 is 6.18 Å². The van der Waals surface area contributed by atoms with Crippen LogP contribution in [0.4, 0.5) is 18.9 Å². The third-order valence-electron chi connectivity index (χ3n) is 6.52. The van der Waals surface area contributed by atoms with Gasteiger partial charge < -0.3 is 19.9 Å². The van der Waals surface area contributed by atoms with E-state index < -0.39 is 11.7 Å². The lowest BCUT2D eigenvalue weighted by Crippen LogP contribution is -2.46. The van der Waals surface area contributed by atoms with E-state index >= 15 is 0 Å². The van der Waals surface area contributed by atoms with Crippen molar-refractivity contribution < 1.29 is 17.9 Å². The molecule has 37 heavy (non-hydrogen) atoms. The Morgan fingerprint density at radius 3 is 2.22 bits per heavy atom. The van der Waals surface area contributed by atoms with E-state index in [4.69, 9.17) is 16.3 Å². The maximum Gasteiger partial charge on any atom is 0.416 e. The maximum absolute atomic E-state index is 13.4. The van der Waals surface area contributed by atoms with Crippen LogP contribution in [0, 0.1) is 0 Å². The largest absolute Gasteiger partial charge is 0.457 e. The van der Waals surface area contributed by atoms with Crippen molar-refractivity contribution in [3.63, 3.8) is 0 Å². The van der Waals surface area contributed by atoms with Gasteiger partial charge in [-0.15, -0.1) is 0 Å². The van der Waals surface area contributed by atoms with E-state index in [0.29, 0.717) is 28.8 Å². The Hall–Kier alpha value is -3.20. The van der Waals surface area contributed by atoms with Crippen molar-refractivity contribution in [2.45, 2.75) is 6.18 Å². The standard InChI is InChI=1S/C28H28ClF3N4O/c29-23-4-8-25(9-5-23)37-26-10-6-24(7-11-26)36-20-35(17-16-34-14-12-33-13-15-34)19-27(36)21-2-1-3-22(18-21)28(30,31)32/h1-11,18-19,33H,12-17,20H2. The highest BCUT2D eigenvalue weighted by Gasteiger charge is 2.32. The summed E-state index contributed by atoms with van der Waals surface area (Å²) in [4.78, 5) is 6.61. The molecule has 5 rings (SSSR count). The normalized spacial score (nSPS) is 16.7. The fourth-order valence-electron chi connectivity index (χ4n) is 4.52. The zero-order valence-electron chi connectivity index (χ0n) is 20.2. The molecule has 3 aromatic rings. The Morgan fingerprint density at radius 2 is 1.54 bits per heavy atom. The van der Waals surface area contributed by atoms with Crippen LogP contribution in [-0.2, 0) is 6.18 Å². The molecule has 0 spiro atoms. The molecule has 2 aliphatic heterocycles. The van der Waals surface area contributed by atoms with Crippen LogP contribution in [0.2, 0.25) is 5.02 Å². The van der Waals surface area contributed by atoms with Crippen molar-refractivity contribution in [2.24, 2.45) is 0 Å². The third-order valence-corrected chi connectivity index (χ3v) is 6.77. The molecule has 0 unspecified atom stereocenters.